The third-order valence-corrected chi connectivity index (χ3v) is 10.4. The van der Waals surface area contributed by atoms with Crippen molar-refractivity contribution in [3.05, 3.63) is 60.7 Å². The molecule has 3 nitrogen and oxygen atoms in total. The molecule has 0 aliphatic heterocycles. The number of aliphatic hydroxyl groups excluding tert-OH is 2. The maximum Gasteiger partial charge on any atom is 0.261 e. The molecule has 0 aromatic heterocycles. The predicted octanol–water partition coefficient (Wildman–Crippen LogP) is 3.33. The van der Waals surface area contributed by atoms with Gasteiger partial charge >= 0.3 is 0 Å². The summed E-state index contributed by atoms with van der Waals surface area (Å²) in [7, 11) is -2.53. The molecule has 2 aromatic rings. The highest BCUT2D eigenvalue weighted by Gasteiger charge is 2.50. The Morgan fingerprint density at radius 3 is 1.78 bits per heavy atom. The Morgan fingerprint density at radius 1 is 0.889 bits per heavy atom. The van der Waals surface area contributed by atoms with Gasteiger partial charge < -0.3 is 14.6 Å². The van der Waals surface area contributed by atoms with E-state index in [1.807, 2.05) is 19.1 Å². The summed E-state index contributed by atoms with van der Waals surface area (Å²) in [5, 5.41) is 22.0. The number of aliphatic hydroxyl groups is 2. The van der Waals surface area contributed by atoms with Crippen molar-refractivity contribution in [2.75, 3.05) is 13.2 Å². The van der Waals surface area contributed by atoms with Crippen LogP contribution in [0.15, 0.2) is 60.7 Å². The molecule has 0 aliphatic carbocycles. The van der Waals surface area contributed by atoms with Crippen LogP contribution in [0, 0.1) is 5.92 Å². The summed E-state index contributed by atoms with van der Waals surface area (Å²) < 4.78 is 6.78. The van der Waals surface area contributed by atoms with E-state index in [2.05, 4.69) is 69.3 Å². The molecule has 148 valence electrons. The molecule has 2 aromatic carbocycles. The van der Waals surface area contributed by atoms with E-state index in [0.29, 0.717) is 19.4 Å². The van der Waals surface area contributed by atoms with Gasteiger partial charge in [0.2, 0.25) is 0 Å². The van der Waals surface area contributed by atoms with Crippen LogP contribution >= 0.6 is 0 Å². The molecule has 0 heterocycles. The van der Waals surface area contributed by atoms with Gasteiger partial charge in [0.05, 0.1) is 6.10 Å². The van der Waals surface area contributed by atoms with Gasteiger partial charge in [0.25, 0.3) is 8.32 Å². The molecule has 2 atom stereocenters. The predicted molar refractivity (Wildman–Crippen MR) is 115 cm³/mol. The van der Waals surface area contributed by atoms with Gasteiger partial charge in [0.1, 0.15) is 0 Å². The van der Waals surface area contributed by atoms with E-state index in [1.165, 1.54) is 10.4 Å². The lowest BCUT2D eigenvalue weighted by Crippen LogP contribution is -2.66. The second-order valence-corrected chi connectivity index (χ2v) is 12.7. The lowest BCUT2D eigenvalue weighted by Gasteiger charge is -2.43. The summed E-state index contributed by atoms with van der Waals surface area (Å²) in [4.78, 5) is 0. The summed E-state index contributed by atoms with van der Waals surface area (Å²) in [6.45, 7) is 9.35. The highest BCUT2D eigenvalue weighted by Crippen LogP contribution is 2.36. The minimum absolute atomic E-state index is 0.0582. The zero-order valence-electron chi connectivity index (χ0n) is 17.1. The minimum Gasteiger partial charge on any atom is -0.407 e. The summed E-state index contributed by atoms with van der Waals surface area (Å²) in [5.41, 5.74) is 0. The van der Waals surface area contributed by atoms with E-state index in [4.69, 9.17) is 9.53 Å². The number of hydrogen-bond acceptors (Lipinski definition) is 3. The molecular formula is C23H34O3Si. The average molecular weight is 387 g/mol. The highest BCUT2D eigenvalue weighted by atomic mass is 28.4. The SMILES string of the molecule is C[C@H](CCO)[C@H](O)CCO[Si](c1ccccc1)(c1ccccc1)C(C)(C)C. The summed E-state index contributed by atoms with van der Waals surface area (Å²) in [6, 6.07) is 21.1. The van der Waals surface area contributed by atoms with Crippen LogP contribution in [0.4, 0.5) is 0 Å². The zero-order chi connectivity index (χ0) is 19.9. The second-order valence-electron chi connectivity index (χ2n) is 8.36. The normalized spacial score (nSPS) is 14.7. The molecule has 27 heavy (non-hydrogen) atoms. The Kier molecular flexibility index (Phi) is 7.80. The van der Waals surface area contributed by atoms with Crippen LogP contribution < -0.4 is 10.4 Å². The molecule has 0 radical (unpaired) electrons. The van der Waals surface area contributed by atoms with Crippen molar-refractivity contribution in [3.63, 3.8) is 0 Å². The molecule has 4 heteroatoms. The van der Waals surface area contributed by atoms with Gasteiger partial charge in [-0.3, -0.25) is 0 Å². The van der Waals surface area contributed by atoms with E-state index in [-0.39, 0.29) is 17.6 Å². The standard InChI is InChI=1S/C23H34O3Si/c1-19(15-17-24)22(25)16-18-26-27(23(2,3)4,20-11-7-5-8-12-20)21-13-9-6-10-14-21/h5-14,19,22,24-25H,15-18H2,1-4H3/t19-,22-/m1/s1. The molecule has 0 saturated carbocycles. The zero-order valence-corrected chi connectivity index (χ0v) is 18.1. The van der Waals surface area contributed by atoms with Crippen molar-refractivity contribution in [3.8, 4) is 0 Å². The fourth-order valence-corrected chi connectivity index (χ4v) is 8.35. The van der Waals surface area contributed by atoms with Gasteiger partial charge in [-0.1, -0.05) is 88.4 Å². The Labute approximate surface area is 165 Å². The van der Waals surface area contributed by atoms with Crippen molar-refractivity contribution in [1.82, 2.24) is 0 Å². The summed E-state index contributed by atoms with van der Waals surface area (Å²) in [5.74, 6) is 0.0674. The third kappa shape index (κ3) is 5.08. The smallest absolute Gasteiger partial charge is 0.261 e. The lowest BCUT2D eigenvalue weighted by molar-refractivity contribution is 0.0753. The first kappa shape index (κ1) is 21.8. The second kappa shape index (κ2) is 9.65. The van der Waals surface area contributed by atoms with Crippen LogP contribution in [0.3, 0.4) is 0 Å². The Bertz CT molecular complexity index is 628. The van der Waals surface area contributed by atoms with Crippen molar-refractivity contribution in [2.45, 2.75) is 51.7 Å². The van der Waals surface area contributed by atoms with Crippen molar-refractivity contribution in [1.29, 1.82) is 0 Å². The van der Waals surface area contributed by atoms with Gasteiger partial charge in [0.15, 0.2) is 0 Å². The number of hydrogen-bond donors (Lipinski definition) is 2. The van der Waals surface area contributed by atoms with E-state index in [0.717, 1.165) is 0 Å². The van der Waals surface area contributed by atoms with E-state index >= 15 is 0 Å². The fourth-order valence-electron chi connectivity index (χ4n) is 3.77. The van der Waals surface area contributed by atoms with Gasteiger partial charge in [-0.2, -0.15) is 0 Å². The largest absolute Gasteiger partial charge is 0.407 e. The minimum atomic E-state index is -2.53. The fraction of sp³-hybridized carbons (Fsp3) is 0.478. The molecule has 0 amide bonds. The van der Waals surface area contributed by atoms with Crippen LogP contribution in [0.1, 0.15) is 40.5 Å². The van der Waals surface area contributed by atoms with Crippen molar-refractivity contribution < 1.29 is 14.6 Å². The first-order valence-corrected chi connectivity index (χ1v) is 11.8. The molecule has 2 rings (SSSR count). The lowest BCUT2D eigenvalue weighted by atomic mass is 9.99. The Balaban J connectivity index is 2.35. The van der Waals surface area contributed by atoms with Gasteiger partial charge in [-0.15, -0.1) is 0 Å². The van der Waals surface area contributed by atoms with Gasteiger partial charge in [-0.05, 0) is 34.2 Å². The Hall–Kier alpha value is -1.46. The van der Waals surface area contributed by atoms with E-state index < -0.39 is 14.4 Å². The van der Waals surface area contributed by atoms with Crippen LogP contribution in [-0.2, 0) is 4.43 Å². The average Bonchev–Trinajstić information content (AvgIpc) is 2.65. The molecule has 0 saturated heterocycles. The van der Waals surface area contributed by atoms with Crippen LogP contribution in [0.2, 0.25) is 5.04 Å². The summed E-state index contributed by atoms with van der Waals surface area (Å²) in [6.07, 6.45) is 0.724. The van der Waals surface area contributed by atoms with Crippen molar-refractivity contribution in [2.24, 2.45) is 5.92 Å². The quantitative estimate of drug-likeness (QED) is 0.650. The maximum absolute atomic E-state index is 10.4. The molecule has 0 fully saturated rings. The van der Waals surface area contributed by atoms with Gasteiger partial charge in [0, 0.05) is 13.2 Å². The highest BCUT2D eigenvalue weighted by molar-refractivity contribution is 6.99. The maximum atomic E-state index is 10.4. The molecule has 2 N–H and O–H groups in total. The van der Waals surface area contributed by atoms with Crippen LogP contribution in [0.25, 0.3) is 0 Å². The molecule has 0 spiro atoms. The van der Waals surface area contributed by atoms with E-state index in [1.54, 1.807) is 0 Å². The summed E-state index contributed by atoms with van der Waals surface area (Å²) >= 11 is 0. The van der Waals surface area contributed by atoms with Crippen LogP contribution in [-0.4, -0.2) is 37.8 Å². The van der Waals surface area contributed by atoms with Crippen molar-refractivity contribution >= 4 is 18.7 Å². The number of benzene rings is 2. The first-order valence-electron chi connectivity index (χ1n) is 9.87. The third-order valence-electron chi connectivity index (χ3n) is 5.39. The van der Waals surface area contributed by atoms with Crippen LogP contribution in [0.5, 0.6) is 0 Å². The Morgan fingerprint density at radius 2 is 1.37 bits per heavy atom. The molecular weight excluding hydrogens is 352 g/mol. The number of rotatable bonds is 9. The monoisotopic (exact) mass is 386 g/mol. The molecule has 0 aliphatic rings. The van der Waals surface area contributed by atoms with E-state index in [9.17, 15) is 5.11 Å². The molecule has 0 bridgehead atoms. The molecule has 0 unspecified atom stereocenters. The van der Waals surface area contributed by atoms with Gasteiger partial charge in [-0.25, -0.2) is 0 Å². The topological polar surface area (TPSA) is 49.7 Å². The first-order chi connectivity index (χ1) is 12.8.